The van der Waals surface area contributed by atoms with Gasteiger partial charge in [-0.2, -0.15) is 0 Å². The largest absolute Gasteiger partial charge is 0.373 e. The molecule has 1 aromatic rings. The number of ether oxygens (including phenoxy) is 1. The van der Waals surface area contributed by atoms with Crippen LogP contribution in [0.5, 0.6) is 0 Å². The molecule has 158 valence electrons. The van der Waals surface area contributed by atoms with Crippen LogP contribution in [0.4, 0.5) is 0 Å². The average molecular weight is 395 g/mol. The molecule has 2 aliphatic rings. The summed E-state index contributed by atoms with van der Waals surface area (Å²) in [5.74, 6) is 1.70. The maximum Gasteiger partial charge on any atom is 0.124 e. The Hall–Kier alpha value is -2.13. The van der Waals surface area contributed by atoms with Crippen molar-refractivity contribution in [1.29, 1.82) is 0 Å². The van der Waals surface area contributed by atoms with Gasteiger partial charge >= 0.3 is 0 Å². The maximum atomic E-state index is 6.04. The summed E-state index contributed by atoms with van der Waals surface area (Å²) in [5.41, 5.74) is 2.25. The molecule has 0 saturated heterocycles. The molecular weight excluding hydrogens is 356 g/mol. The highest BCUT2D eigenvalue weighted by Gasteiger charge is 2.42. The van der Waals surface area contributed by atoms with Crippen molar-refractivity contribution in [2.24, 2.45) is 10.9 Å². The summed E-state index contributed by atoms with van der Waals surface area (Å²) in [6, 6.07) is 10.7. The van der Waals surface area contributed by atoms with Gasteiger partial charge in [0.2, 0.25) is 0 Å². The third kappa shape index (κ3) is 5.93. The van der Waals surface area contributed by atoms with E-state index in [9.17, 15) is 0 Å². The van der Waals surface area contributed by atoms with Gasteiger partial charge in [0, 0.05) is 6.61 Å². The Balaban J connectivity index is 0.00000145. The summed E-state index contributed by atoms with van der Waals surface area (Å²) in [5, 5.41) is 3.70. The van der Waals surface area contributed by atoms with Gasteiger partial charge in [0.1, 0.15) is 18.5 Å². The number of hydrogen-bond acceptors (Lipinski definition) is 3. The SMILES string of the molecule is C/C=C(\C=C/CC)[C@H]1N=C(COCC2CCCC2)N[C@@]1(C)c1ccccc1.C=C. The Morgan fingerprint density at radius 3 is 2.55 bits per heavy atom. The van der Waals surface area contributed by atoms with Crippen LogP contribution in [0.2, 0.25) is 0 Å². The lowest BCUT2D eigenvalue weighted by molar-refractivity contribution is 0.131. The molecular formula is C26H38N2O. The van der Waals surface area contributed by atoms with Gasteiger partial charge in [-0.3, -0.25) is 4.99 Å². The monoisotopic (exact) mass is 394 g/mol. The minimum Gasteiger partial charge on any atom is -0.373 e. The highest BCUT2D eigenvalue weighted by molar-refractivity contribution is 5.87. The second-order valence-corrected chi connectivity index (χ2v) is 7.94. The van der Waals surface area contributed by atoms with Gasteiger partial charge in [0.05, 0.1) is 5.54 Å². The van der Waals surface area contributed by atoms with Crippen LogP contribution in [0.15, 0.2) is 72.3 Å². The molecule has 2 atom stereocenters. The van der Waals surface area contributed by atoms with Crippen LogP contribution >= 0.6 is 0 Å². The molecule has 1 N–H and O–H groups in total. The van der Waals surface area contributed by atoms with Crippen LogP contribution in [0.1, 0.15) is 58.4 Å². The molecule has 3 heteroatoms. The third-order valence-electron chi connectivity index (χ3n) is 5.87. The van der Waals surface area contributed by atoms with Crippen LogP contribution in [0.3, 0.4) is 0 Å². The predicted molar refractivity (Wildman–Crippen MR) is 125 cm³/mol. The summed E-state index contributed by atoms with van der Waals surface area (Å²) < 4.78 is 6.04. The first-order chi connectivity index (χ1) is 14.2. The second-order valence-electron chi connectivity index (χ2n) is 7.94. The molecule has 1 heterocycles. The van der Waals surface area contributed by atoms with Crippen molar-refractivity contribution in [2.45, 2.75) is 64.5 Å². The standard InChI is InChI=1S/C24H34N2O.C2H4/c1-4-6-14-20(5-2)23-24(3,21-15-8-7-9-16-21)26-22(25-23)18-27-17-19-12-10-11-13-19;1-2/h5-9,14-16,19,23H,4,10-13,17-18H2,1-3H3,(H,25,26);1-2H2/b14-6-,20-5+;/t23-,24+;/m1./s1. The smallest absolute Gasteiger partial charge is 0.124 e. The molecule has 0 spiro atoms. The molecule has 0 unspecified atom stereocenters. The number of amidine groups is 1. The van der Waals surface area contributed by atoms with E-state index in [1.807, 2.05) is 0 Å². The molecule has 3 nitrogen and oxygen atoms in total. The van der Waals surface area contributed by atoms with Crippen molar-refractivity contribution in [3.05, 3.63) is 72.9 Å². The number of rotatable bonds is 8. The summed E-state index contributed by atoms with van der Waals surface area (Å²) in [7, 11) is 0. The quantitative estimate of drug-likeness (QED) is 0.421. The number of nitrogens with one attached hydrogen (secondary N) is 1. The van der Waals surface area contributed by atoms with Crippen LogP contribution in [-0.4, -0.2) is 25.1 Å². The molecule has 0 amide bonds. The Bertz CT molecular complexity index is 701. The molecule has 1 fully saturated rings. The van der Waals surface area contributed by atoms with E-state index in [1.54, 1.807) is 0 Å². The molecule has 0 bridgehead atoms. The minimum atomic E-state index is -0.257. The van der Waals surface area contributed by atoms with E-state index in [4.69, 9.17) is 9.73 Å². The Morgan fingerprint density at radius 2 is 1.93 bits per heavy atom. The van der Waals surface area contributed by atoms with Crippen molar-refractivity contribution in [3.8, 4) is 0 Å². The van der Waals surface area contributed by atoms with Crippen molar-refractivity contribution in [2.75, 3.05) is 13.2 Å². The molecule has 1 aliphatic carbocycles. The van der Waals surface area contributed by atoms with Crippen LogP contribution in [0.25, 0.3) is 0 Å². The average Bonchev–Trinajstić information content (AvgIpc) is 3.40. The van der Waals surface area contributed by atoms with Gasteiger partial charge in [-0.1, -0.05) is 68.3 Å². The van der Waals surface area contributed by atoms with E-state index in [2.05, 4.69) is 87.8 Å². The van der Waals surface area contributed by atoms with E-state index >= 15 is 0 Å². The zero-order valence-electron chi connectivity index (χ0n) is 18.5. The summed E-state index contributed by atoms with van der Waals surface area (Å²) in [6.45, 7) is 14.0. The fraction of sp³-hybridized carbons (Fsp3) is 0.500. The van der Waals surface area contributed by atoms with E-state index in [-0.39, 0.29) is 11.6 Å². The Kier molecular flexibility index (Phi) is 9.40. The maximum absolute atomic E-state index is 6.04. The Labute approximate surface area is 177 Å². The van der Waals surface area contributed by atoms with Crippen molar-refractivity contribution < 1.29 is 4.74 Å². The number of aliphatic imine (C=N–C) groups is 1. The van der Waals surface area contributed by atoms with Crippen molar-refractivity contribution >= 4 is 5.84 Å². The predicted octanol–water partition coefficient (Wildman–Crippen LogP) is 6.19. The fourth-order valence-corrected chi connectivity index (χ4v) is 4.28. The van der Waals surface area contributed by atoms with Crippen LogP contribution < -0.4 is 5.32 Å². The van der Waals surface area contributed by atoms with Crippen molar-refractivity contribution in [1.82, 2.24) is 5.32 Å². The second kappa shape index (κ2) is 11.8. The van der Waals surface area contributed by atoms with Crippen LogP contribution in [-0.2, 0) is 10.3 Å². The first kappa shape index (κ1) is 23.2. The first-order valence-corrected chi connectivity index (χ1v) is 11.0. The zero-order valence-corrected chi connectivity index (χ0v) is 18.5. The highest BCUT2D eigenvalue weighted by atomic mass is 16.5. The molecule has 29 heavy (non-hydrogen) atoms. The van der Waals surface area contributed by atoms with Gasteiger partial charge < -0.3 is 10.1 Å². The summed E-state index contributed by atoms with van der Waals surface area (Å²) in [6.07, 6.45) is 13.0. The van der Waals surface area contributed by atoms with Gasteiger partial charge in [-0.25, -0.2) is 0 Å². The topological polar surface area (TPSA) is 33.6 Å². The van der Waals surface area contributed by atoms with Gasteiger partial charge in [0.15, 0.2) is 0 Å². The third-order valence-corrected chi connectivity index (χ3v) is 5.87. The van der Waals surface area contributed by atoms with E-state index in [0.29, 0.717) is 6.61 Å². The number of hydrogen-bond donors (Lipinski definition) is 1. The normalized spacial score (nSPS) is 24.9. The van der Waals surface area contributed by atoms with E-state index < -0.39 is 0 Å². The lowest BCUT2D eigenvalue weighted by atomic mass is 9.81. The molecule has 3 rings (SSSR count). The highest BCUT2D eigenvalue weighted by Crippen LogP contribution is 2.35. The molecule has 0 aromatic heterocycles. The number of nitrogens with zero attached hydrogens (tertiary/aromatic N) is 1. The molecule has 1 aliphatic heterocycles. The molecule has 0 radical (unpaired) electrons. The lowest BCUT2D eigenvalue weighted by Gasteiger charge is -2.32. The molecule has 1 saturated carbocycles. The minimum absolute atomic E-state index is 0.0535. The van der Waals surface area contributed by atoms with E-state index in [0.717, 1.165) is 24.8 Å². The van der Waals surface area contributed by atoms with E-state index in [1.165, 1.54) is 36.8 Å². The molecule has 1 aromatic carbocycles. The van der Waals surface area contributed by atoms with Gasteiger partial charge in [-0.15, -0.1) is 13.2 Å². The fourth-order valence-electron chi connectivity index (χ4n) is 4.28. The zero-order chi connectivity index (χ0) is 21.1. The van der Waals surface area contributed by atoms with Crippen LogP contribution in [0, 0.1) is 5.92 Å². The summed E-state index contributed by atoms with van der Waals surface area (Å²) in [4.78, 5) is 5.07. The summed E-state index contributed by atoms with van der Waals surface area (Å²) >= 11 is 0. The number of allylic oxidation sites excluding steroid dienone is 2. The Morgan fingerprint density at radius 1 is 1.24 bits per heavy atom. The van der Waals surface area contributed by atoms with Gasteiger partial charge in [-0.05, 0) is 50.2 Å². The van der Waals surface area contributed by atoms with Crippen molar-refractivity contribution in [3.63, 3.8) is 0 Å². The first-order valence-electron chi connectivity index (χ1n) is 11.0. The van der Waals surface area contributed by atoms with Gasteiger partial charge in [0.25, 0.3) is 0 Å². The number of benzene rings is 1. The lowest BCUT2D eigenvalue weighted by Crippen LogP contribution is -2.46.